The number of benzene rings is 2. The van der Waals surface area contributed by atoms with E-state index in [2.05, 4.69) is 136 Å². The quantitative estimate of drug-likeness (QED) is 0.163. The number of rotatable bonds is 11. The molecule has 1 N–H and O–H groups in total. The van der Waals surface area contributed by atoms with Crippen molar-refractivity contribution in [2.24, 2.45) is 0 Å². The van der Waals surface area contributed by atoms with E-state index in [9.17, 15) is 0 Å². The van der Waals surface area contributed by atoms with E-state index < -0.39 is 0 Å². The van der Waals surface area contributed by atoms with E-state index in [1.165, 1.54) is 23.1 Å². The van der Waals surface area contributed by atoms with Crippen molar-refractivity contribution in [3.63, 3.8) is 0 Å². The van der Waals surface area contributed by atoms with Gasteiger partial charge in [-0.05, 0) is 56.6 Å². The molecule has 2 rings (SSSR count). The highest BCUT2D eigenvalue weighted by molar-refractivity contribution is 9.10. The van der Waals surface area contributed by atoms with E-state index in [0.717, 1.165) is 32.5 Å². The van der Waals surface area contributed by atoms with E-state index in [1.807, 2.05) is 25.6 Å². The summed E-state index contributed by atoms with van der Waals surface area (Å²) in [5, 5.41) is 7.00. The Morgan fingerprint density at radius 2 is 1.36 bits per heavy atom. The summed E-state index contributed by atoms with van der Waals surface area (Å²) < 4.78 is 5.66. The lowest BCUT2D eigenvalue weighted by Gasteiger charge is -2.36. The molecule has 2 aromatic carbocycles. The second-order valence-corrected chi connectivity index (χ2v) is 11.8. The first kappa shape index (κ1) is 36.8. The van der Waals surface area contributed by atoms with Crippen LogP contribution in [0.15, 0.2) is 84.5 Å². The van der Waals surface area contributed by atoms with Gasteiger partial charge in [0.05, 0.1) is 11.4 Å². The van der Waals surface area contributed by atoms with Gasteiger partial charge in [-0.25, -0.2) is 0 Å². The number of allylic oxidation sites excluding steroid dienone is 3. The lowest BCUT2D eigenvalue weighted by Crippen LogP contribution is -2.27. The monoisotopic (exact) mass is 578 g/mol. The third-order valence-corrected chi connectivity index (χ3v) is 6.48. The summed E-state index contributed by atoms with van der Waals surface area (Å²) in [6, 6.07) is 21.7. The number of alkyl halides is 1. The minimum Gasteiger partial charge on any atom is -0.400 e. The molecule has 2 aromatic rings. The smallest absolute Gasteiger partial charge is 0.0903 e. The number of hydrogen-bond acceptors (Lipinski definition) is 3. The number of aliphatic hydroxyl groups excluding tert-OH is 1. The summed E-state index contributed by atoms with van der Waals surface area (Å²) in [5.41, 5.74) is 3.93. The first-order valence-electron chi connectivity index (χ1n) is 13.1. The molecule has 0 spiro atoms. The lowest BCUT2D eigenvalue weighted by atomic mass is 9.83. The van der Waals surface area contributed by atoms with Gasteiger partial charge in [-0.15, -0.1) is 11.8 Å². The van der Waals surface area contributed by atoms with Crippen LogP contribution in [0.5, 0.6) is 0 Å². The molecule has 0 saturated carbocycles. The van der Waals surface area contributed by atoms with Gasteiger partial charge < -0.3 is 9.84 Å². The van der Waals surface area contributed by atoms with Crippen molar-refractivity contribution in [3.05, 3.63) is 95.6 Å². The van der Waals surface area contributed by atoms with Crippen LogP contribution in [-0.4, -0.2) is 35.5 Å². The molecule has 4 heteroatoms. The van der Waals surface area contributed by atoms with Crippen molar-refractivity contribution >= 4 is 27.7 Å². The predicted octanol–water partition coefficient (Wildman–Crippen LogP) is 9.82. The number of halogens is 1. The summed E-state index contributed by atoms with van der Waals surface area (Å²) in [6.45, 7) is 18.2. The largest absolute Gasteiger partial charge is 0.400 e. The van der Waals surface area contributed by atoms with Crippen molar-refractivity contribution in [2.75, 3.05) is 26.1 Å². The summed E-state index contributed by atoms with van der Waals surface area (Å²) >= 11 is 5.64. The molecular formula is C32H51BrO2S. The fourth-order valence-corrected chi connectivity index (χ4v) is 5.08. The molecule has 0 heterocycles. The molecule has 0 fully saturated rings. The number of aliphatic hydroxyl groups is 1. The zero-order valence-corrected chi connectivity index (χ0v) is 26.6. The van der Waals surface area contributed by atoms with E-state index in [1.54, 1.807) is 0 Å². The third-order valence-electron chi connectivity index (χ3n) is 4.62. The average Bonchev–Trinajstić information content (AvgIpc) is 2.90. The lowest BCUT2D eigenvalue weighted by molar-refractivity contribution is 0.122. The van der Waals surface area contributed by atoms with Gasteiger partial charge in [-0.3, -0.25) is 0 Å². The summed E-state index contributed by atoms with van der Waals surface area (Å²) in [5.74, 6) is 1.02. The zero-order valence-electron chi connectivity index (χ0n) is 24.2. The molecule has 0 aromatic heterocycles. The van der Waals surface area contributed by atoms with Crippen LogP contribution < -0.4 is 0 Å². The Balaban J connectivity index is 0. The number of ether oxygens (including phenoxy) is 1. The summed E-state index contributed by atoms with van der Waals surface area (Å²) in [4.78, 5) is 0. The van der Waals surface area contributed by atoms with Crippen molar-refractivity contribution in [3.8, 4) is 0 Å². The fraction of sp³-hybridized carbons (Fsp3) is 0.500. The second kappa shape index (κ2) is 22.8. The van der Waals surface area contributed by atoms with Crippen molar-refractivity contribution < 1.29 is 9.84 Å². The van der Waals surface area contributed by atoms with E-state index in [0.29, 0.717) is 0 Å². The van der Waals surface area contributed by atoms with Crippen LogP contribution in [0.3, 0.4) is 0 Å². The first-order valence-corrected chi connectivity index (χ1v) is 14.9. The summed E-state index contributed by atoms with van der Waals surface area (Å²) in [7, 11) is 1.00. The Hall–Kier alpha value is -1.33. The van der Waals surface area contributed by atoms with Crippen LogP contribution in [0, 0.1) is 0 Å². The maximum Gasteiger partial charge on any atom is 0.0903 e. The first-order chi connectivity index (χ1) is 17.4. The maximum absolute atomic E-state index is 7.00. The molecule has 0 bridgehead atoms. The van der Waals surface area contributed by atoms with Gasteiger partial charge in [0.25, 0.3) is 0 Å². The minimum atomic E-state index is -0.238. The van der Waals surface area contributed by atoms with E-state index in [4.69, 9.17) is 9.84 Å². The number of hydrogen-bond donors (Lipinski definition) is 1. The van der Waals surface area contributed by atoms with E-state index >= 15 is 0 Å². The minimum absolute atomic E-state index is 0.0298. The second-order valence-electron chi connectivity index (χ2n) is 8.34. The maximum atomic E-state index is 7.00. The van der Waals surface area contributed by atoms with Crippen molar-refractivity contribution in [2.45, 2.75) is 77.3 Å². The SMILES string of the molecule is C/C=C\C(=C/C)C(SCCCOCC(C)(C)Br)(c1ccccc1)c1ccccc1.CC.CCC.CO. The van der Waals surface area contributed by atoms with Gasteiger partial charge in [0.2, 0.25) is 0 Å². The Morgan fingerprint density at radius 1 is 0.917 bits per heavy atom. The van der Waals surface area contributed by atoms with E-state index in [-0.39, 0.29) is 9.07 Å². The molecular weight excluding hydrogens is 528 g/mol. The molecule has 0 radical (unpaired) electrons. The predicted molar refractivity (Wildman–Crippen MR) is 169 cm³/mol. The molecule has 204 valence electrons. The molecule has 0 unspecified atom stereocenters. The molecule has 0 aliphatic rings. The highest BCUT2D eigenvalue weighted by Gasteiger charge is 2.37. The Labute approximate surface area is 235 Å². The van der Waals surface area contributed by atoms with Crippen molar-refractivity contribution in [1.82, 2.24) is 0 Å². The van der Waals surface area contributed by atoms with Crippen molar-refractivity contribution in [1.29, 1.82) is 0 Å². The molecule has 0 atom stereocenters. The highest BCUT2D eigenvalue weighted by Crippen LogP contribution is 2.49. The fourth-order valence-electron chi connectivity index (χ4n) is 3.39. The van der Waals surface area contributed by atoms with Crippen LogP contribution in [-0.2, 0) is 9.48 Å². The average molecular weight is 580 g/mol. The topological polar surface area (TPSA) is 29.5 Å². The van der Waals surface area contributed by atoms with Gasteiger partial charge in [-0.2, -0.15) is 0 Å². The third kappa shape index (κ3) is 13.8. The Morgan fingerprint density at radius 3 is 1.72 bits per heavy atom. The van der Waals surface area contributed by atoms with Crippen LogP contribution in [0.25, 0.3) is 0 Å². The molecule has 0 aliphatic carbocycles. The van der Waals surface area contributed by atoms with Gasteiger partial charge in [0.15, 0.2) is 0 Å². The van der Waals surface area contributed by atoms with Gasteiger partial charge in [0.1, 0.15) is 0 Å². The highest BCUT2D eigenvalue weighted by atomic mass is 79.9. The van der Waals surface area contributed by atoms with Gasteiger partial charge in [-0.1, -0.05) is 129 Å². The molecule has 0 aliphatic heterocycles. The van der Waals surface area contributed by atoms with Crippen LogP contribution in [0.1, 0.15) is 79.4 Å². The number of thioether (sulfide) groups is 1. The molecule has 2 nitrogen and oxygen atoms in total. The molecule has 36 heavy (non-hydrogen) atoms. The standard InChI is InChI=1S/C26H33BrOS.C3H8.C2H6.CH4O/c1-5-14-22(6-2)26(23-15-9-7-10-16-23,24-17-11-8-12-18-24)29-20-13-19-28-21-25(3,4)27;1-3-2;2*1-2/h5-12,14-18H,13,19-21H2,1-4H3;3H2,1-2H3;1-2H3;2H,1H3/b14-5-,22-6+;;;. The molecule has 0 amide bonds. The molecule has 0 saturated heterocycles. The van der Waals surface area contributed by atoms with Gasteiger partial charge >= 0.3 is 0 Å². The van der Waals surface area contributed by atoms with Gasteiger partial charge in [0, 0.05) is 18.0 Å². The normalized spacial score (nSPS) is 11.5. The Kier molecular flexibility index (Phi) is 23.4. The van der Waals surface area contributed by atoms with Crippen LogP contribution >= 0.6 is 27.7 Å². The zero-order chi connectivity index (χ0) is 27.9. The summed E-state index contributed by atoms with van der Waals surface area (Å²) in [6.07, 6.45) is 8.90. The Bertz CT molecular complexity index is 756. The van der Waals surface area contributed by atoms with Crippen LogP contribution in [0.2, 0.25) is 0 Å². The van der Waals surface area contributed by atoms with Crippen LogP contribution in [0.4, 0.5) is 0 Å².